The molecule has 0 aromatic rings. The minimum Gasteiger partial charge on any atom is -0.481 e. The third kappa shape index (κ3) is 63.1. The van der Waals surface area contributed by atoms with Gasteiger partial charge in [0.1, 0.15) is 44.0 Å². The van der Waals surface area contributed by atoms with E-state index in [0.29, 0.717) is 25.8 Å². The number of amides is 6. The van der Waals surface area contributed by atoms with Crippen LogP contribution in [0.2, 0.25) is 0 Å². The number of carbonyl (C=O) groups is 13. The van der Waals surface area contributed by atoms with Crippen LogP contribution in [0.3, 0.4) is 0 Å². The number of carboxylic acids is 4. The molecule has 32 heteroatoms. The third-order valence-corrected chi connectivity index (χ3v) is 15.9. The molecule has 0 bridgehead atoms. The molecule has 0 spiro atoms. The van der Waals surface area contributed by atoms with Crippen LogP contribution in [0.1, 0.15) is 208 Å². The molecule has 0 radical (unpaired) electrons. The smallest absolute Gasteiger partial charge is 0.326 e. The van der Waals surface area contributed by atoms with E-state index in [1.54, 1.807) is 0 Å². The van der Waals surface area contributed by atoms with Gasteiger partial charge in [-0.2, -0.15) is 0 Å². The zero-order chi connectivity index (χ0) is 74.8. The van der Waals surface area contributed by atoms with Gasteiger partial charge < -0.3 is 95.7 Å². The van der Waals surface area contributed by atoms with Crippen molar-refractivity contribution in [1.29, 1.82) is 0 Å². The van der Waals surface area contributed by atoms with Crippen LogP contribution in [0.25, 0.3) is 0 Å². The van der Waals surface area contributed by atoms with Gasteiger partial charge in [-0.15, -0.1) is 0 Å². The third-order valence-electron chi connectivity index (χ3n) is 15.9. The molecule has 4 atom stereocenters. The monoisotopic (exact) mass is 1470 g/mol. The van der Waals surface area contributed by atoms with Crippen molar-refractivity contribution in [2.24, 2.45) is 17.8 Å². The van der Waals surface area contributed by atoms with E-state index in [9.17, 15) is 77.6 Å². The number of carboxylic acid groups (broad SMARTS) is 4. The second-order valence-electron chi connectivity index (χ2n) is 24.7. The quantitative estimate of drug-likeness (QED) is 0.0381. The Bertz CT molecular complexity index is 2330. The van der Waals surface area contributed by atoms with Gasteiger partial charge in [0.2, 0.25) is 35.4 Å². The number of hydrogen-bond acceptors (Lipinski definition) is 21. The lowest BCUT2D eigenvalue weighted by Gasteiger charge is -2.16. The summed E-state index contributed by atoms with van der Waals surface area (Å²) in [6, 6.07) is -1.38. The van der Waals surface area contributed by atoms with E-state index in [4.69, 9.17) is 43.0 Å². The predicted octanol–water partition coefficient (Wildman–Crippen LogP) is 4.24. The second-order valence-corrected chi connectivity index (χ2v) is 24.7. The van der Waals surface area contributed by atoms with Crippen LogP contribution in [-0.4, -0.2) is 247 Å². The Balaban J connectivity index is -0.0000500. The lowest BCUT2D eigenvalue weighted by Crippen LogP contribution is -2.42. The molecule has 0 aliphatic carbocycles. The van der Waals surface area contributed by atoms with Crippen molar-refractivity contribution < 1.29 is 128 Å². The Morgan fingerprint density at radius 3 is 1.06 bits per heavy atom. The van der Waals surface area contributed by atoms with Gasteiger partial charge in [-0.1, -0.05) is 104 Å². The number of rotatable bonds is 75. The maximum atomic E-state index is 12.6. The predicted molar refractivity (Wildman–Crippen MR) is 375 cm³/mol. The Hall–Kier alpha value is -6.65. The van der Waals surface area contributed by atoms with Gasteiger partial charge in [0.15, 0.2) is 5.78 Å². The molecule has 0 saturated heterocycles. The van der Waals surface area contributed by atoms with Crippen LogP contribution in [0, 0.1) is 17.8 Å². The van der Waals surface area contributed by atoms with Gasteiger partial charge in [-0.25, -0.2) is 4.79 Å². The van der Waals surface area contributed by atoms with Gasteiger partial charge >= 0.3 is 23.9 Å². The van der Waals surface area contributed by atoms with E-state index in [2.05, 4.69) is 31.9 Å². The normalized spacial score (nSPS) is 12.2. The highest BCUT2D eigenvalue weighted by atomic mass is 16.5. The molecule has 0 saturated carbocycles. The number of aliphatic carboxylic acids is 4. The van der Waals surface area contributed by atoms with Crippen molar-refractivity contribution in [1.82, 2.24) is 31.9 Å². The van der Waals surface area contributed by atoms with Gasteiger partial charge in [-0.3, -0.25) is 57.5 Å². The zero-order valence-electron chi connectivity index (χ0n) is 60.7. The van der Waals surface area contributed by atoms with E-state index < -0.39 is 72.4 Å². The van der Waals surface area contributed by atoms with Crippen LogP contribution < -0.4 is 31.9 Å². The van der Waals surface area contributed by atoms with E-state index in [0.717, 1.165) is 77.0 Å². The molecule has 0 unspecified atom stereocenters. The fourth-order valence-corrected chi connectivity index (χ4v) is 10.3. The van der Waals surface area contributed by atoms with E-state index in [1.807, 2.05) is 13.8 Å². The average Bonchev–Trinajstić information content (AvgIpc) is 0.962. The van der Waals surface area contributed by atoms with Crippen LogP contribution in [0.15, 0.2) is 0 Å². The van der Waals surface area contributed by atoms with Crippen LogP contribution in [0.5, 0.6) is 0 Å². The number of hydrogen-bond donors (Lipinski definition) is 10. The number of ketones is 3. The molecule has 0 aromatic heterocycles. The minimum absolute atomic E-state index is 0. The summed E-state index contributed by atoms with van der Waals surface area (Å²) >= 11 is 0. The highest BCUT2D eigenvalue weighted by Gasteiger charge is 2.26. The number of nitrogens with one attached hydrogen (secondary N) is 6. The minimum atomic E-state index is -1.38. The lowest BCUT2D eigenvalue weighted by atomic mass is 9.91. The molecule has 0 aromatic carbocycles. The zero-order valence-corrected chi connectivity index (χ0v) is 60.7. The van der Waals surface area contributed by atoms with Gasteiger partial charge in [0.05, 0.1) is 91.1 Å². The first-order valence-corrected chi connectivity index (χ1v) is 36.4. The lowest BCUT2D eigenvalue weighted by molar-refractivity contribution is -0.145. The standard InChI is InChI=1S/C70H122N6O25.H2O.H2/c1-3-21-54(60(79)4-2)22-19-20-31-71-62(81)30-27-59(70(92)93)76-63(82)29-26-56(69(90)91)49-58(78)50-98-44-40-95-37-33-73-64(83)52-100-46-42-97-39-35-75-66(85)53-101-47-43-96-38-34-74-65(84)51-99-45-41-94-36-32-72-61(80)28-25-55(68(88)89)48-57(77)23-17-15-13-11-9-7-5-6-8-10-12-14-16-18-24-67(86)87;;/h54-56,59H,3-53H2,1-2H3,(H,71,81)(H,72,80)(H,73,83)(H,74,84)(H,75,85)(H,76,82)(H,86,87)(H,88,89)(H,90,91)(H,92,93);1H2;1H/t54-,55+,56+,59-;;/m0../s1. The fraction of sp³-hybridized carbons (Fsp3) is 0.814. The largest absolute Gasteiger partial charge is 0.481 e. The topological polar surface area (TPSA) is 480 Å². The number of unbranched alkanes of at least 4 members (excludes halogenated alkanes) is 14. The van der Waals surface area contributed by atoms with Gasteiger partial charge in [0.25, 0.3) is 0 Å². The van der Waals surface area contributed by atoms with Crippen LogP contribution in [-0.2, 0) is 100 Å². The van der Waals surface area contributed by atoms with E-state index in [1.165, 1.54) is 38.5 Å². The number of ether oxygens (including phenoxy) is 8. The number of Topliss-reactive ketones (excluding diaryl/α,β-unsaturated/α-hetero) is 3. The SMILES string of the molecule is CCC[C@@H](CCCCNC(=O)CC[C@H](NC(=O)CC[C@H](CC(=O)COCCOCCNC(=O)COCCOCCNC(=O)COCCOCCNC(=O)COCCOCCNC(=O)CC[C@H](CC(=O)CCCCCCCCCCCCCCCCC(=O)O)C(=O)O)C(=O)O)C(=O)O)C(=O)CC.O.[HH]. The summed E-state index contributed by atoms with van der Waals surface area (Å²) in [5.74, 6) is -9.61. The van der Waals surface area contributed by atoms with E-state index >= 15 is 0 Å². The molecule has 592 valence electrons. The number of carbonyl (C=O) groups excluding carboxylic acids is 9. The Kier molecular flexibility index (Phi) is 65.7. The van der Waals surface area contributed by atoms with E-state index in [-0.39, 0.29) is 225 Å². The van der Waals surface area contributed by atoms with Crippen LogP contribution >= 0.6 is 0 Å². The highest BCUT2D eigenvalue weighted by molar-refractivity contribution is 5.87. The van der Waals surface area contributed by atoms with Crippen molar-refractivity contribution in [2.45, 2.75) is 213 Å². The van der Waals surface area contributed by atoms with Crippen molar-refractivity contribution in [3.05, 3.63) is 0 Å². The molecule has 0 heterocycles. The summed E-state index contributed by atoms with van der Waals surface area (Å²) in [7, 11) is 0. The fourth-order valence-electron chi connectivity index (χ4n) is 10.3. The van der Waals surface area contributed by atoms with Crippen LogP contribution in [0.4, 0.5) is 0 Å². The molecule has 6 amide bonds. The molecule has 0 aliphatic rings. The molecule has 0 aliphatic heterocycles. The summed E-state index contributed by atoms with van der Waals surface area (Å²) in [6.07, 6.45) is 18.6. The second kappa shape index (κ2) is 68.8. The Labute approximate surface area is 602 Å². The van der Waals surface area contributed by atoms with Gasteiger partial charge in [0, 0.05) is 91.4 Å². The highest BCUT2D eigenvalue weighted by Crippen LogP contribution is 2.20. The van der Waals surface area contributed by atoms with Crippen molar-refractivity contribution >= 4 is 76.7 Å². The first-order chi connectivity index (χ1) is 48.7. The molecule has 32 nitrogen and oxygen atoms in total. The van der Waals surface area contributed by atoms with Gasteiger partial charge in [-0.05, 0) is 51.4 Å². The summed E-state index contributed by atoms with van der Waals surface area (Å²) in [5, 5.41) is 53.2. The molecule has 102 heavy (non-hydrogen) atoms. The summed E-state index contributed by atoms with van der Waals surface area (Å²) in [6.45, 7) is 5.66. The maximum Gasteiger partial charge on any atom is 0.326 e. The summed E-state index contributed by atoms with van der Waals surface area (Å²) in [5.41, 5.74) is 0. The molecule has 12 N–H and O–H groups in total. The molecular weight excluding hydrogens is 1340 g/mol. The molecule has 0 fully saturated rings. The molecule has 0 rings (SSSR count). The molecular formula is C70H126N6O26. The van der Waals surface area contributed by atoms with Crippen molar-refractivity contribution in [3.63, 3.8) is 0 Å². The van der Waals surface area contributed by atoms with Crippen molar-refractivity contribution in [2.75, 3.05) is 138 Å². The summed E-state index contributed by atoms with van der Waals surface area (Å²) < 4.78 is 42.8. The van der Waals surface area contributed by atoms with Crippen molar-refractivity contribution in [3.8, 4) is 0 Å². The first-order valence-electron chi connectivity index (χ1n) is 36.4. The first kappa shape index (κ1) is 97.4. The Morgan fingerprint density at radius 2 is 0.667 bits per heavy atom. The summed E-state index contributed by atoms with van der Waals surface area (Å²) in [4.78, 5) is 156. The average molecular weight is 1470 g/mol. The Morgan fingerprint density at radius 1 is 0.314 bits per heavy atom. The maximum absolute atomic E-state index is 12.6.